The summed E-state index contributed by atoms with van der Waals surface area (Å²) in [6, 6.07) is 6.42. The van der Waals surface area contributed by atoms with E-state index in [1.165, 1.54) is 17.5 Å². The van der Waals surface area contributed by atoms with Crippen molar-refractivity contribution < 1.29 is 4.74 Å². The van der Waals surface area contributed by atoms with Crippen molar-refractivity contribution >= 4 is 0 Å². The number of hydrogen-bond donors (Lipinski definition) is 0. The Balaban J connectivity index is 2.74. The molecule has 0 spiro atoms. The Kier molecular flexibility index (Phi) is 4.41. The van der Waals surface area contributed by atoms with Crippen LogP contribution in [0.15, 0.2) is 30.4 Å². The highest BCUT2D eigenvalue weighted by Gasteiger charge is 1.99. The Morgan fingerprint density at radius 2 is 2.07 bits per heavy atom. The van der Waals surface area contributed by atoms with Gasteiger partial charge in [0.1, 0.15) is 12.4 Å². The molecule has 0 amide bonds. The fraction of sp³-hybridized carbons (Fsp3) is 0.429. The van der Waals surface area contributed by atoms with E-state index in [9.17, 15) is 0 Å². The van der Waals surface area contributed by atoms with Crippen LogP contribution in [0.5, 0.6) is 5.75 Å². The minimum Gasteiger partial charge on any atom is -0.489 e. The van der Waals surface area contributed by atoms with Crippen LogP contribution in [0.4, 0.5) is 0 Å². The maximum absolute atomic E-state index is 5.64. The summed E-state index contributed by atoms with van der Waals surface area (Å²) >= 11 is 0. The number of hydrogen-bond acceptors (Lipinski definition) is 1. The summed E-state index contributed by atoms with van der Waals surface area (Å²) < 4.78 is 5.64. The highest BCUT2D eigenvalue weighted by atomic mass is 16.5. The van der Waals surface area contributed by atoms with Gasteiger partial charge in [-0.1, -0.05) is 26.0 Å². The van der Waals surface area contributed by atoms with Gasteiger partial charge in [-0.25, -0.2) is 0 Å². The molecule has 0 radical (unpaired) electrons. The molecule has 0 N–H and O–H groups in total. The molecule has 1 aromatic rings. The van der Waals surface area contributed by atoms with E-state index in [2.05, 4.69) is 38.6 Å². The predicted octanol–water partition coefficient (Wildman–Crippen LogP) is 3.90. The summed E-state index contributed by atoms with van der Waals surface area (Å²) in [5.41, 5.74) is 3.67. The Morgan fingerprint density at radius 1 is 1.33 bits per heavy atom. The standard InChI is InChI=1S/C14H20O/c1-5-6-13-7-12(4)8-14(9-13)15-10-11(2)3/h7-9H,2,5-6,10H2,1,3-4H3. The number of benzene rings is 1. The second kappa shape index (κ2) is 5.59. The first kappa shape index (κ1) is 11.8. The van der Waals surface area contributed by atoms with E-state index in [0.29, 0.717) is 6.61 Å². The van der Waals surface area contributed by atoms with Crippen LogP contribution < -0.4 is 4.74 Å². The molecule has 0 saturated heterocycles. The first-order valence-corrected chi connectivity index (χ1v) is 5.49. The molecule has 0 aliphatic rings. The van der Waals surface area contributed by atoms with Crippen LogP contribution in [-0.4, -0.2) is 6.61 Å². The summed E-state index contributed by atoms with van der Waals surface area (Å²) in [5.74, 6) is 0.960. The third-order valence-corrected chi connectivity index (χ3v) is 2.13. The summed E-state index contributed by atoms with van der Waals surface area (Å²) in [6.07, 6.45) is 2.29. The fourth-order valence-electron chi connectivity index (χ4n) is 1.55. The summed E-state index contributed by atoms with van der Waals surface area (Å²) in [6.45, 7) is 10.7. The van der Waals surface area contributed by atoms with Gasteiger partial charge in [-0.2, -0.15) is 0 Å². The lowest BCUT2D eigenvalue weighted by atomic mass is 10.1. The van der Waals surface area contributed by atoms with Gasteiger partial charge in [0.25, 0.3) is 0 Å². The molecule has 0 unspecified atom stereocenters. The van der Waals surface area contributed by atoms with Gasteiger partial charge < -0.3 is 4.74 Å². The Morgan fingerprint density at radius 3 is 2.67 bits per heavy atom. The first-order chi connectivity index (χ1) is 7.11. The zero-order valence-corrected chi connectivity index (χ0v) is 9.97. The molecule has 0 bridgehead atoms. The summed E-state index contributed by atoms with van der Waals surface area (Å²) in [7, 11) is 0. The molecule has 0 fully saturated rings. The molecule has 1 heteroatoms. The molecule has 1 aromatic carbocycles. The average Bonchev–Trinajstić information content (AvgIpc) is 2.14. The highest BCUT2D eigenvalue weighted by molar-refractivity contribution is 5.34. The second-order valence-corrected chi connectivity index (χ2v) is 4.15. The van der Waals surface area contributed by atoms with Crippen LogP contribution in [0.3, 0.4) is 0 Å². The molecular formula is C14H20O. The second-order valence-electron chi connectivity index (χ2n) is 4.15. The SMILES string of the molecule is C=C(C)COc1cc(C)cc(CCC)c1. The van der Waals surface area contributed by atoms with E-state index in [-0.39, 0.29) is 0 Å². The maximum Gasteiger partial charge on any atom is 0.120 e. The van der Waals surface area contributed by atoms with Crippen LogP contribution in [0.1, 0.15) is 31.4 Å². The average molecular weight is 204 g/mol. The summed E-state index contributed by atoms with van der Waals surface area (Å²) in [5, 5.41) is 0. The molecule has 0 saturated carbocycles. The van der Waals surface area contributed by atoms with Crippen LogP contribution in [0, 0.1) is 6.92 Å². The van der Waals surface area contributed by atoms with Crippen molar-refractivity contribution in [3.8, 4) is 5.75 Å². The third kappa shape index (κ3) is 4.20. The lowest BCUT2D eigenvalue weighted by Gasteiger charge is -2.09. The van der Waals surface area contributed by atoms with Gasteiger partial charge in [-0.05, 0) is 49.1 Å². The highest BCUT2D eigenvalue weighted by Crippen LogP contribution is 2.18. The van der Waals surface area contributed by atoms with Gasteiger partial charge in [0.15, 0.2) is 0 Å². The van der Waals surface area contributed by atoms with Crippen molar-refractivity contribution in [3.63, 3.8) is 0 Å². The van der Waals surface area contributed by atoms with Crippen molar-refractivity contribution in [3.05, 3.63) is 41.5 Å². The minimum atomic E-state index is 0.606. The molecule has 0 heterocycles. The maximum atomic E-state index is 5.64. The van der Waals surface area contributed by atoms with E-state index in [1.807, 2.05) is 6.92 Å². The van der Waals surface area contributed by atoms with Crippen LogP contribution in [-0.2, 0) is 6.42 Å². The van der Waals surface area contributed by atoms with E-state index in [1.54, 1.807) is 0 Å². The van der Waals surface area contributed by atoms with E-state index < -0.39 is 0 Å². The van der Waals surface area contributed by atoms with E-state index in [4.69, 9.17) is 4.74 Å². The van der Waals surface area contributed by atoms with Crippen molar-refractivity contribution in [2.75, 3.05) is 6.61 Å². The first-order valence-electron chi connectivity index (χ1n) is 5.49. The topological polar surface area (TPSA) is 9.23 Å². The zero-order valence-electron chi connectivity index (χ0n) is 9.97. The molecule has 15 heavy (non-hydrogen) atoms. The number of ether oxygens (including phenoxy) is 1. The minimum absolute atomic E-state index is 0.606. The zero-order chi connectivity index (χ0) is 11.3. The number of rotatable bonds is 5. The number of aryl methyl sites for hydroxylation is 2. The van der Waals surface area contributed by atoms with Crippen molar-refractivity contribution in [1.29, 1.82) is 0 Å². The summed E-state index contributed by atoms with van der Waals surface area (Å²) in [4.78, 5) is 0. The third-order valence-electron chi connectivity index (χ3n) is 2.13. The lowest BCUT2D eigenvalue weighted by molar-refractivity contribution is 0.352. The largest absolute Gasteiger partial charge is 0.489 e. The van der Waals surface area contributed by atoms with E-state index in [0.717, 1.165) is 17.7 Å². The Labute approximate surface area is 92.8 Å². The molecule has 0 aromatic heterocycles. The van der Waals surface area contributed by atoms with Gasteiger partial charge in [-0.15, -0.1) is 0 Å². The smallest absolute Gasteiger partial charge is 0.120 e. The molecule has 82 valence electrons. The molecular weight excluding hydrogens is 184 g/mol. The Bertz CT molecular complexity index is 339. The quantitative estimate of drug-likeness (QED) is 0.661. The van der Waals surface area contributed by atoms with Gasteiger partial charge in [0, 0.05) is 0 Å². The van der Waals surface area contributed by atoms with Crippen molar-refractivity contribution in [2.45, 2.75) is 33.6 Å². The van der Waals surface area contributed by atoms with E-state index >= 15 is 0 Å². The van der Waals surface area contributed by atoms with Crippen LogP contribution in [0.25, 0.3) is 0 Å². The van der Waals surface area contributed by atoms with Crippen LogP contribution in [0.2, 0.25) is 0 Å². The molecule has 1 rings (SSSR count). The Hall–Kier alpha value is -1.24. The van der Waals surface area contributed by atoms with Crippen molar-refractivity contribution in [2.24, 2.45) is 0 Å². The molecule has 1 nitrogen and oxygen atoms in total. The van der Waals surface area contributed by atoms with Gasteiger partial charge >= 0.3 is 0 Å². The molecule has 0 aliphatic carbocycles. The fourth-order valence-corrected chi connectivity index (χ4v) is 1.55. The predicted molar refractivity (Wildman–Crippen MR) is 65.5 cm³/mol. The van der Waals surface area contributed by atoms with Gasteiger partial charge in [-0.3, -0.25) is 0 Å². The van der Waals surface area contributed by atoms with Gasteiger partial charge in [0.2, 0.25) is 0 Å². The monoisotopic (exact) mass is 204 g/mol. The molecule has 0 aliphatic heterocycles. The normalized spacial score (nSPS) is 10.1. The van der Waals surface area contributed by atoms with Crippen molar-refractivity contribution in [1.82, 2.24) is 0 Å². The lowest BCUT2D eigenvalue weighted by Crippen LogP contribution is -1.98. The van der Waals surface area contributed by atoms with Crippen LogP contribution >= 0.6 is 0 Å². The van der Waals surface area contributed by atoms with Gasteiger partial charge in [0.05, 0.1) is 0 Å². The molecule has 0 atom stereocenters.